The minimum Gasteiger partial charge on any atom is -0.483 e. The Morgan fingerprint density at radius 2 is 2.07 bits per heavy atom. The number of aromatic nitrogens is 7. The van der Waals surface area contributed by atoms with E-state index in [1.165, 1.54) is 17.8 Å². The highest BCUT2D eigenvalue weighted by molar-refractivity contribution is 7.98. The molecule has 0 saturated carbocycles. The van der Waals surface area contributed by atoms with Gasteiger partial charge in [0, 0.05) is 13.1 Å². The van der Waals surface area contributed by atoms with Crippen LogP contribution in [-0.4, -0.2) is 35.0 Å². The highest BCUT2D eigenvalue weighted by atomic mass is 32.2. The van der Waals surface area contributed by atoms with Gasteiger partial charge in [0.2, 0.25) is 0 Å². The van der Waals surface area contributed by atoms with E-state index in [-0.39, 0.29) is 12.4 Å². The second-order valence-corrected chi connectivity index (χ2v) is 6.57. The number of halogens is 1. The molecule has 8 nitrogen and oxygen atoms in total. The Labute approximate surface area is 160 Å². The summed E-state index contributed by atoms with van der Waals surface area (Å²) in [4.78, 5) is 0. The molecule has 0 spiro atoms. The molecular weight excluding hydrogens is 369 g/mol. The van der Waals surface area contributed by atoms with Crippen LogP contribution in [0, 0.1) is 5.82 Å². The molecule has 0 radical (unpaired) electrons. The number of para-hydroxylation sites is 1. The number of hydrogen-bond acceptors (Lipinski definition) is 7. The summed E-state index contributed by atoms with van der Waals surface area (Å²) in [6.07, 6.45) is 2.70. The summed E-state index contributed by atoms with van der Waals surface area (Å²) in [6.45, 7) is 7.24. The molecule has 0 unspecified atom stereocenters. The van der Waals surface area contributed by atoms with Crippen LogP contribution in [0.2, 0.25) is 0 Å². The van der Waals surface area contributed by atoms with Crippen LogP contribution >= 0.6 is 11.8 Å². The third-order valence-electron chi connectivity index (χ3n) is 3.67. The van der Waals surface area contributed by atoms with Gasteiger partial charge in [-0.3, -0.25) is 4.57 Å². The number of ether oxygens (including phenoxy) is 1. The van der Waals surface area contributed by atoms with E-state index in [4.69, 9.17) is 4.74 Å². The number of aryl methyl sites for hydroxylation is 1. The normalized spacial score (nSPS) is 10.9. The lowest BCUT2D eigenvalue weighted by atomic mass is 10.3. The molecule has 0 aliphatic carbocycles. The summed E-state index contributed by atoms with van der Waals surface area (Å²) in [5, 5.41) is 20.9. The molecule has 3 rings (SSSR count). The summed E-state index contributed by atoms with van der Waals surface area (Å²) in [5.74, 6) is 1.70. The van der Waals surface area contributed by atoms with Crippen molar-refractivity contribution in [3.05, 3.63) is 54.4 Å². The van der Waals surface area contributed by atoms with E-state index < -0.39 is 5.82 Å². The van der Waals surface area contributed by atoms with Crippen LogP contribution in [0.25, 0.3) is 0 Å². The molecule has 1 aromatic carbocycles. The lowest BCUT2D eigenvalue weighted by molar-refractivity contribution is 0.275. The summed E-state index contributed by atoms with van der Waals surface area (Å²) < 4.78 is 22.9. The first kappa shape index (κ1) is 19.0. The van der Waals surface area contributed by atoms with Crippen LogP contribution in [0.3, 0.4) is 0 Å². The average Bonchev–Trinajstić information content (AvgIpc) is 3.27. The second-order valence-electron chi connectivity index (χ2n) is 5.62. The maximum absolute atomic E-state index is 13.7. The molecule has 3 aromatic rings. The molecule has 0 saturated heterocycles. The molecule has 2 heterocycles. The Balaban J connectivity index is 1.70. The molecule has 0 atom stereocenters. The first-order chi connectivity index (χ1) is 13.2. The van der Waals surface area contributed by atoms with Crippen LogP contribution in [-0.2, 0) is 25.4 Å². The fraction of sp³-hybridized carbons (Fsp3) is 0.353. The lowest BCUT2D eigenvalue weighted by Crippen LogP contribution is -2.08. The quantitative estimate of drug-likeness (QED) is 0.389. The smallest absolute Gasteiger partial charge is 0.192 e. The molecule has 27 heavy (non-hydrogen) atoms. The minimum absolute atomic E-state index is 0.107. The summed E-state index contributed by atoms with van der Waals surface area (Å²) in [7, 11) is 0. The van der Waals surface area contributed by atoms with Gasteiger partial charge in [-0.05, 0) is 29.0 Å². The highest BCUT2D eigenvalue weighted by Gasteiger charge is 2.15. The van der Waals surface area contributed by atoms with Gasteiger partial charge in [-0.2, -0.15) is 0 Å². The van der Waals surface area contributed by atoms with E-state index in [1.807, 2.05) is 4.57 Å². The number of allylic oxidation sites excluding steroid dienone is 1. The van der Waals surface area contributed by atoms with E-state index >= 15 is 0 Å². The van der Waals surface area contributed by atoms with Gasteiger partial charge >= 0.3 is 0 Å². The Hall–Kier alpha value is -2.75. The Kier molecular flexibility index (Phi) is 6.53. The summed E-state index contributed by atoms with van der Waals surface area (Å²) in [6, 6.07) is 6.26. The van der Waals surface area contributed by atoms with Gasteiger partial charge in [0.05, 0.1) is 5.75 Å². The van der Waals surface area contributed by atoms with Crippen molar-refractivity contribution in [1.29, 1.82) is 0 Å². The summed E-state index contributed by atoms with van der Waals surface area (Å²) >= 11 is 1.48. The summed E-state index contributed by atoms with van der Waals surface area (Å²) in [5.41, 5.74) is 0. The van der Waals surface area contributed by atoms with Crippen LogP contribution in [0.15, 0.2) is 42.1 Å². The largest absolute Gasteiger partial charge is 0.483 e. The van der Waals surface area contributed by atoms with Gasteiger partial charge < -0.3 is 4.74 Å². The third kappa shape index (κ3) is 4.70. The minimum atomic E-state index is -0.412. The predicted octanol–water partition coefficient (Wildman–Crippen LogP) is 2.87. The van der Waals surface area contributed by atoms with Crippen molar-refractivity contribution >= 4 is 11.8 Å². The topological polar surface area (TPSA) is 83.5 Å². The standard InChI is InChI=1S/C17H20FN7OS/c1-3-9-24-15(11-26-14-8-6-5-7-13(14)18)19-21-17(24)27-12-16-20-22-23-25(16)10-4-2/h3,5-8H,1,4,9-12H2,2H3. The molecule has 0 N–H and O–H groups in total. The number of hydrogen-bond donors (Lipinski definition) is 0. The average molecular weight is 389 g/mol. The number of tetrazole rings is 1. The lowest BCUT2D eigenvalue weighted by Gasteiger charge is -2.09. The Morgan fingerprint density at radius 3 is 2.85 bits per heavy atom. The molecule has 0 aliphatic rings. The van der Waals surface area contributed by atoms with Crippen molar-refractivity contribution in [3.8, 4) is 5.75 Å². The van der Waals surface area contributed by atoms with Crippen LogP contribution in [0.5, 0.6) is 5.75 Å². The van der Waals surface area contributed by atoms with Crippen LogP contribution < -0.4 is 4.74 Å². The van der Waals surface area contributed by atoms with Gasteiger partial charge in [-0.25, -0.2) is 9.07 Å². The molecule has 142 valence electrons. The van der Waals surface area contributed by atoms with Gasteiger partial charge in [0.25, 0.3) is 0 Å². The predicted molar refractivity (Wildman–Crippen MR) is 98.6 cm³/mol. The Bertz CT molecular complexity index is 895. The maximum atomic E-state index is 13.7. The molecule has 2 aromatic heterocycles. The number of nitrogens with zero attached hydrogens (tertiary/aromatic N) is 7. The zero-order valence-corrected chi connectivity index (χ0v) is 15.8. The molecule has 0 bridgehead atoms. The fourth-order valence-corrected chi connectivity index (χ4v) is 3.29. The van der Waals surface area contributed by atoms with Crippen molar-refractivity contribution in [2.75, 3.05) is 0 Å². The van der Waals surface area contributed by atoms with E-state index in [2.05, 4.69) is 39.2 Å². The van der Waals surface area contributed by atoms with E-state index in [1.54, 1.807) is 29.0 Å². The van der Waals surface area contributed by atoms with E-state index in [9.17, 15) is 4.39 Å². The molecular formula is C17H20FN7OS. The van der Waals surface area contributed by atoms with Crippen molar-refractivity contribution < 1.29 is 9.13 Å². The third-order valence-corrected chi connectivity index (χ3v) is 4.63. The van der Waals surface area contributed by atoms with Gasteiger partial charge in [-0.15, -0.1) is 21.9 Å². The molecule has 0 aliphatic heterocycles. The van der Waals surface area contributed by atoms with E-state index in [0.29, 0.717) is 23.3 Å². The van der Waals surface area contributed by atoms with Gasteiger partial charge in [0.1, 0.15) is 6.61 Å². The first-order valence-corrected chi connectivity index (χ1v) is 9.49. The number of rotatable bonds is 10. The van der Waals surface area contributed by atoms with Crippen molar-refractivity contribution in [3.63, 3.8) is 0 Å². The SMILES string of the molecule is C=CCn1c(COc2ccccc2F)nnc1SCc1nnnn1CCC. The monoisotopic (exact) mass is 389 g/mol. The zero-order chi connectivity index (χ0) is 19.1. The molecule has 0 amide bonds. The Morgan fingerprint density at radius 1 is 1.22 bits per heavy atom. The molecule has 0 fully saturated rings. The highest BCUT2D eigenvalue weighted by Crippen LogP contribution is 2.22. The van der Waals surface area contributed by atoms with E-state index in [0.717, 1.165) is 18.8 Å². The first-order valence-electron chi connectivity index (χ1n) is 8.51. The van der Waals surface area contributed by atoms with Crippen molar-refractivity contribution in [1.82, 2.24) is 35.0 Å². The van der Waals surface area contributed by atoms with Crippen LogP contribution in [0.4, 0.5) is 4.39 Å². The van der Waals surface area contributed by atoms with Crippen molar-refractivity contribution in [2.24, 2.45) is 0 Å². The zero-order valence-electron chi connectivity index (χ0n) is 15.0. The molecule has 10 heteroatoms. The second kappa shape index (κ2) is 9.26. The maximum Gasteiger partial charge on any atom is 0.192 e. The number of benzene rings is 1. The van der Waals surface area contributed by atoms with Gasteiger partial charge in [-0.1, -0.05) is 36.9 Å². The van der Waals surface area contributed by atoms with Crippen LogP contribution in [0.1, 0.15) is 25.0 Å². The fourth-order valence-electron chi connectivity index (χ4n) is 2.39. The number of thioether (sulfide) groups is 1. The van der Waals surface area contributed by atoms with Gasteiger partial charge in [0.15, 0.2) is 28.4 Å². The van der Waals surface area contributed by atoms with Crippen molar-refractivity contribution in [2.45, 2.75) is 44.0 Å².